The molecule has 1 aliphatic rings. The van der Waals surface area contributed by atoms with Gasteiger partial charge in [-0.05, 0) is 39.0 Å². The summed E-state index contributed by atoms with van der Waals surface area (Å²) in [6.07, 6.45) is 1.82. The van der Waals surface area contributed by atoms with E-state index in [-0.39, 0.29) is 35.0 Å². The van der Waals surface area contributed by atoms with Crippen molar-refractivity contribution in [3.05, 3.63) is 63.0 Å². The Kier molecular flexibility index (Phi) is 5.57. The molecule has 1 fully saturated rings. The third-order valence-corrected chi connectivity index (χ3v) is 5.27. The van der Waals surface area contributed by atoms with E-state index >= 15 is 0 Å². The quantitative estimate of drug-likeness (QED) is 0.630. The number of benzene rings is 1. The second-order valence-electron chi connectivity index (χ2n) is 7.50. The summed E-state index contributed by atoms with van der Waals surface area (Å²) >= 11 is 5.84. The van der Waals surface area contributed by atoms with Crippen molar-refractivity contribution in [2.75, 3.05) is 18.0 Å². The standard InChI is InChI=1S/C20H22ClFN6O2/c1-12-9-26(10-13(2)30-12)16-7-20(29)27(23-8-16)11-19-14(3)24-25-28(19)18-5-4-15(21)6-17(18)22/h4-8,12-13H,9-11H2,1-3H3/t12-,13+. The molecule has 0 radical (unpaired) electrons. The van der Waals surface area contributed by atoms with Crippen molar-refractivity contribution in [3.8, 4) is 5.69 Å². The summed E-state index contributed by atoms with van der Waals surface area (Å²) in [6.45, 7) is 7.26. The molecule has 2 atom stereocenters. The maximum absolute atomic E-state index is 14.4. The number of hydrogen-bond donors (Lipinski definition) is 0. The minimum atomic E-state index is -0.528. The fourth-order valence-corrected chi connectivity index (χ4v) is 3.81. The zero-order chi connectivity index (χ0) is 21.4. The van der Waals surface area contributed by atoms with Crippen LogP contribution < -0.4 is 10.5 Å². The molecule has 1 saturated heterocycles. The first-order chi connectivity index (χ1) is 14.3. The van der Waals surface area contributed by atoms with E-state index in [1.807, 2.05) is 13.8 Å². The monoisotopic (exact) mass is 432 g/mol. The highest BCUT2D eigenvalue weighted by Gasteiger charge is 2.23. The van der Waals surface area contributed by atoms with Crippen LogP contribution >= 0.6 is 11.6 Å². The number of nitrogens with zero attached hydrogens (tertiary/aromatic N) is 6. The van der Waals surface area contributed by atoms with Crippen LogP contribution in [0.1, 0.15) is 25.2 Å². The molecule has 1 aromatic carbocycles. The lowest BCUT2D eigenvalue weighted by Gasteiger charge is -2.36. The predicted molar refractivity (Wildman–Crippen MR) is 111 cm³/mol. The maximum atomic E-state index is 14.4. The fraction of sp³-hybridized carbons (Fsp3) is 0.400. The molecule has 3 aromatic rings. The summed E-state index contributed by atoms with van der Waals surface area (Å²) in [5.74, 6) is -0.528. The molecule has 0 unspecified atom stereocenters. The van der Waals surface area contributed by atoms with Crippen LogP contribution in [0.2, 0.25) is 5.02 Å². The Balaban J connectivity index is 1.63. The van der Waals surface area contributed by atoms with Crippen LogP contribution in [0.4, 0.5) is 10.1 Å². The normalized spacial score (nSPS) is 19.3. The maximum Gasteiger partial charge on any atom is 0.269 e. The number of aryl methyl sites for hydroxylation is 1. The lowest BCUT2D eigenvalue weighted by atomic mass is 10.2. The van der Waals surface area contributed by atoms with Gasteiger partial charge < -0.3 is 9.64 Å². The third kappa shape index (κ3) is 4.08. The Bertz CT molecular complexity index is 1120. The SMILES string of the molecule is Cc1nnn(-c2ccc(Cl)cc2F)c1Cn1ncc(N2C[C@@H](C)O[C@@H](C)C2)cc1=O. The number of aromatic nitrogens is 5. The molecule has 3 heterocycles. The molecule has 0 spiro atoms. The zero-order valence-corrected chi connectivity index (χ0v) is 17.7. The minimum absolute atomic E-state index is 0.0773. The molecule has 2 aromatic heterocycles. The molecule has 10 heteroatoms. The van der Waals surface area contributed by atoms with Gasteiger partial charge >= 0.3 is 0 Å². The summed E-state index contributed by atoms with van der Waals surface area (Å²) in [5.41, 5.74) is 1.84. The number of anilines is 1. The molecule has 0 N–H and O–H groups in total. The lowest BCUT2D eigenvalue weighted by molar-refractivity contribution is -0.00525. The third-order valence-electron chi connectivity index (χ3n) is 5.03. The topological polar surface area (TPSA) is 78.1 Å². The van der Waals surface area contributed by atoms with Crippen molar-refractivity contribution in [2.45, 2.75) is 39.5 Å². The first-order valence-corrected chi connectivity index (χ1v) is 10.0. The van der Waals surface area contributed by atoms with Gasteiger partial charge in [0.05, 0.1) is 42.0 Å². The first-order valence-electron chi connectivity index (χ1n) is 9.66. The van der Waals surface area contributed by atoms with E-state index in [0.29, 0.717) is 24.5 Å². The van der Waals surface area contributed by atoms with Crippen LogP contribution in [-0.4, -0.2) is 50.1 Å². The molecular weight excluding hydrogens is 411 g/mol. The van der Waals surface area contributed by atoms with Gasteiger partial charge in [-0.2, -0.15) is 5.10 Å². The van der Waals surface area contributed by atoms with Gasteiger partial charge in [0.1, 0.15) is 11.5 Å². The van der Waals surface area contributed by atoms with Crippen LogP contribution in [0.3, 0.4) is 0 Å². The number of morpholine rings is 1. The zero-order valence-electron chi connectivity index (χ0n) is 16.9. The predicted octanol–water partition coefficient (Wildman–Crippen LogP) is 2.59. The van der Waals surface area contributed by atoms with Gasteiger partial charge in [-0.25, -0.2) is 13.8 Å². The molecule has 0 aliphatic carbocycles. The molecule has 0 saturated carbocycles. The van der Waals surface area contributed by atoms with Crippen LogP contribution in [0.25, 0.3) is 5.69 Å². The molecule has 4 rings (SSSR count). The van der Waals surface area contributed by atoms with E-state index in [1.165, 1.54) is 21.5 Å². The Morgan fingerprint density at radius 2 is 1.97 bits per heavy atom. The van der Waals surface area contributed by atoms with E-state index in [2.05, 4.69) is 20.3 Å². The van der Waals surface area contributed by atoms with Crippen molar-refractivity contribution < 1.29 is 9.13 Å². The van der Waals surface area contributed by atoms with E-state index in [9.17, 15) is 9.18 Å². The van der Waals surface area contributed by atoms with Gasteiger partial charge in [-0.15, -0.1) is 5.10 Å². The molecule has 0 amide bonds. The molecule has 1 aliphatic heterocycles. The Morgan fingerprint density at radius 3 is 2.63 bits per heavy atom. The van der Waals surface area contributed by atoms with Crippen LogP contribution in [0.15, 0.2) is 35.3 Å². The lowest BCUT2D eigenvalue weighted by Crippen LogP contribution is -2.46. The summed E-state index contributed by atoms with van der Waals surface area (Å²) in [5, 5.41) is 12.7. The van der Waals surface area contributed by atoms with Crippen molar-refractivity contribution in [3.63, 3.8) is 0 Å². The van der Waals surface area contributed by atoms with E-state index in [4.69, 9.17) is 16.3 Å². The number of hydrogen-bond acceptors (Lipinski definition) is 6. The average Bonchev–Trinajstić information content (AvgIpc) is 3.03. The van der Waals surface area contributed by atoms with Crippen molar-refractivity contribution in [2.24, 2.45) is 0 Å². The highest BCUT2D eigenvalue weighted by molar-refractivity contribution is 6.30. The highest BCUT2D eigenvalue weighted by Crippen LogP contribution is 2.21. The smallest absolute Gasteiger partial charge is 0.269 e. The number of ether oxygens (including phenoxy) is 1. The Morgan fingerprint density at radius 1 is 1.23 bits per heavy atom. The second-order valence-corrected chi connectivity index (χ2v) is 7.94. The van der Waals surface area contributed by atoms with Gasteiger partial charge in [0.25, 0.3) is 5.56 Å². The van der Waals surface area contributed by atoms with Gasteiger partial charge in [0.15, 0.2) is 0 Å². The number of rotatable bonds is 4. The van der Waals surface area contributed by atoms with Gasteiger partial charge in [-0.1, -0.05) is 16.8 Å². The van der Waals surface area contributed by atoms with Crippen molar-refractivity contribution in [1.29, 1.82) is 0 Å². The Hall–Kier alpha value is -2.78. The van der Waals surface area contributed by atoms with E-state index in [1.54, 1.807) is 25.3 Å². The number of halogens is 2. The van der Waals surface area contributed by atoms with E-state index < -0.39 is 5.82 Å². The molecule has 8 nitrogen and oxygen atoms in total. The first kappa shape index (κ1) is 20.5. The summed E-state index contributed by atoms with van der Waals surface area (Å²) in [7, 11) is 0. The second kappa shape index (κ2) is 8.16. The fourth-order valence-electron chi connectivity index (χ4n) is 3.65. The summed E-state index contributed by atoms with van der Waals surface area (Å²) in [6, 6.07) is 5.87. The summed E-state index contributed by atoms with van der Waals surface area (Å²) in [4.78, 5) is 14.8. The van der Waals surface area contributed by atoms with Crippen LogP contribution in [0.5, 0.6) is 0 Å². The van der Waals surface area contributed by atoms with Crippen LogP contribution in [-0.2, 0) is 11.3 Å². The summed E-state index contributed by atoms with van der Waals surface area (Å²) < 4.78 is 22.8. The van der Waals surface area contributed by atoms with Crippen LogP contribution in [0, 0.1) is 12.7 Å². The highest BCUT2D eigenvalue weighted by atomic mass is 35.5. The molecule has 0 bridgehead atoms. The van der Waals surface area contributed by atoms with E-state index in [0.717, 1.165) is 5.69 Å². The van der Waals surface area contributed by atoms with Crippen molar-refractivity contribution >= 4 is 17.3 Å². The van der Waals surface area contributed by atoms with Crippen molar-refractivity contribution in [1.82, 2.24) is 24.8 Å². The van der Waals surface area contributed by atoms with Gasteiger partial charge in [0, 0.05) is 24.2 Å². The van der Waals surface area contributed by atoms with Gasteiger partial charge in [0.2, 0.25) is 0 Å². The molecule has 158 valence electrons. The largest absolute Gasteiger partial charge is 0.372 e. The minimum Gasteiger partial charge on any atom is -0.372 e. The Labute approximate surface area is 177 Å². The molecule has 30 heavy (non-hydrogen) atoms. The average molecular weight is 433 g/mol. The van der Waals surface area contributed by atoms with Gasteiger partial charge in [-0.3, -0.25) is 4.79 Å². The molecular formula is C20H22ClFN6O2.